The molecule has 5 heteroatoms. The monoisotopic (exact) mass is 236 g/mol. The van der Waals surface area contributed by atoms with Gasteiger partial charge in [0.25, 0.3) is 0 Å². The molecule has 1 aromatic rings. The smallest absolute Gasteiger partial charge is 0.191 e. The normalized spacial score (nSPS) is 18.1. The van der Waals surface area contributed by atoms with Gasteiger partial charge in [-0.15, -0.1) is 0 Å². The Morgan fingerprint density at radius 1 is 0.941 bits per heavy atom. The lowest BCUT2D eigenvalue weighted by Gasteiger charge is -2.04. The summed E-state index contributed by atoms with van der Waals surface area (Å²) in [6, 6.07) is 5.70. The van der Waals surface area contributed by atoms with E-state index in [2.05, 4.69) is 0 Å². The van der Waals surface area contributed by atoms with Gasteiger partial charge in [-0.25, -0.2) is 0 Å². The lowest BCUT2D eigenvalue weighted by Crippen LogP contribution is -2.17. The molecule has 5 nitrogen and oxygen atoms in total. The molecule has 2 rings (SSSR count). The SMILES string of the molecule is O=C1C=C(O)C=CC1O.Oc1ccc(O)cc1. The number of hydrogen-bond donors (Lipinski definition) is 4. The first-order valence-electron chi connectivity index (χ1n) is 4.78. The van der Waals surface area contributed by atoms with Crippen LogP contribution in [-0.4, -0.2) is 32.3 Å². The zero-order valence-corrected chi connectivity index (χ0v) is 8.82. The molecule has 0 heterocycles. The van der Waals surface area contributed by atoms with Crippen molar-refractivity contribution in [3.63, 3.8) is 0 Å². The topological polar surface area (TPSA) is 98.0 Å². The first kappa shape index (κ1) is 12.8. The second-order valence-electron chi connectivity index (χ2n) is 3.29. The van der Waals surface area contributed by atoms with Crippen molar-refractivity contribution in [1.82, 2.24) is 0 Å². The van der Waals surface area contributed by atoms with E-state index in [1.165, 1.54) is 36.4 Å². The number of aliphatic hydroxyl groups excluding tert-OH is 2. The highest BCUT2D eigenvalue weighted by molar-refractivity contribution is 5.96. The predicted octanol–water partition coefficient (Wildman–Crippen LogP) is 1.03. The van der Waals surface area contributed by atoms with E-state index in [0.717, 1.165) is 6.08 Å². The maximum Gasteiger partial charge on any atom is 0.191 e. The predicted molar refractivity (Wildman–Crippen MR) is 60.6 cm³/mol. The summed E-state index contributed by atoms with van der Waals surface area (Å²) in [5.74, 6) is -0.245. The van der Waals surface area contributed by atoms with Crippen LogP contribution < -0.4 is 0 Å². The summed E-state index contributed by atoms with van der Waals surface area (Å²) in [7, 11) is 0. The lowest BCUT2D eigenvalue weighted by atomic mass is 10.1. The number of hydrogen-bond acceptors (Lipinski definition) is 5. The quantitative estimate of drug-likeness (QED) is 0.504. The molecule has 1 aromatic carbocycles. The number of aromatic hydroxyl groups is 2. The second-order valence-corrected chi connectivity index (χ2v) is 3.29. The van der Waals surface area contributed by atoms with Crippen molar-refractivity contribution in [2.45, 2.75) is 6.10 Å². The molecular formula is C12H12O5. The number of rotatable bonds is 0. The van der Waals surface area contributed by atoms with Crippen LogP contribution in [0.2, 0.25) is 0 Å². The standard InChI is InChI=1S/C6H6O3.C6H6O2/c7-4-1-2-5(8)6(9)3-4;7-5-1-2-6(8)4-3-5/h1-3,5,7-8H;1-4,7-8H. The molecule has 0 aromatic heterocycles. The summed E-state index contributed by atoms with van der Waals surface area (Å²) < 4.78 is 0. The summed E-state index contributed by atoms with van der Waals surface area (Å²) >= 11 is 0. The summed E-state index contributed by atoms with van der Waals surface area (Å²) in [5.41, 5.74) is 0. The van der Waals surface area contributed by atoms with E-state index in [9.17, 15) is 4.79 Å². The number of carbonyl (C=O) groups is 1. The van der Waals surface area contributed by atoms with Crippen molar-refractivity contribution in [3.8, 4) is 11.5 Å². The molecule has 17 heavy (non-hydrogen) atoms. The summed E-state index contributed by atoms with van der Waals surface area (Å²) in [6.45, 7) is 0. The van der Waals surface area contributed by atoms with E-state index in [-0.39, 0.29) is 17.3 Å². The molecule has 1 unspecified atom stereocenters. The zero-order chi connectivity index (χ0) is 12.8. The van der Waals surface area contributed by atoms with Gasteiger partial charge in [-0.05, 0) is 36.4 Å². The Morgan fingerprint density at radius 3 is 1.76 bits per heavy atom. The second kappa shape index (κ2) is 5.72. The Kier molecular flexibility index (Phi) is 4.30. The maximum atomic E-state index is 10.5. The van der Waals surface area contributed by atoms with Gasteiger partial charge < -0.3 is 20.4 Å². The van der Waals surface area contributed by atoms with Crippen molar-refractivity contribution in [3.05, 3.63) is 48.3 Å². The van der Waals surface area contributed by atoms with Gasteiger partial charge in [0.05, 0.1) is 0 Å². The molecule has 4 N–H and O–H groups in total. The first-order valence-corrected chi connectivity index (χ1v) is 4.78. The summed E-state index contributed by atoms with van der Waals surface area (Å²) in [4.78, 5) is 10.5. The number of benzene rings is 1. The molecule has 0 saturated carbocycles. The van der Waals surface area contributed by atoms with E-state index >= 15 is 0 Å². The number of phenolic OH excluding ortho intramolecular Hbond substituents is 2. The van der Waals surface area contributed by atoms with Crippen LogP contribution in [0.3, 0.4) is 0 Å². The molecule has 1 aliphatic rings. The van der Waals surface area contributed by atoms with Crippen LogP contribution in [-0.2, 0) is 4.79 Å². The fourth-order valence-corrected chi connectivity index (χ4v) is 1.02. The van der Waals surface area contributed by atoms with Gasteiger partial charge in [-0.2, -0.15) is 0 Å². The number of allylic oxidation sites excluding steroid dienone is 1. The van der Waals surface area contributed by atoms with Gasteiger partial charge in [0, 0.05) is 6.08 Å². The highest BCUT2D eigenvalue weighted by atomic mass is 16.3. The Hall–Kier alpha value is -2.27. The van der Waals surface area contributed by atoms with Gasteiger partial charge in [0.2, 0.25) is 0 Å². The van der Waals surface area contributed by atoms with Crippen LogP contribution in [0.25, 0.3) is 0 Å². The van der Waals surface area contributed by atoms with Crippen molar-refractivity contribution in [2.75, 3.05) is 0 Å². The Balaban J connectivity index is 0.000000171. The van der Waals surface area contributed by atoms with Crippen LogP contribution in [0.15, 0.2) is 48.3 Å². The third kappa shape index (κ3) is 4.40. The highest BCUT2D eigenvalue weighted by Crippen LogP contribution is 2.13. The Morgan fingerprint density at radius 2 is 1.41 bits per heavy atom. The van der Waals surface area contributed by atoms with E-state index in [0.29, 0.717) is 0 Å². The van der Waals surface area contributed by atoms with Crippen LogP contribution >= 0.6 is 0 Å². The molecule has 0 saturated heterocycles. The minimum atomic E-state index is -1.07. The average molecular weight is 236 g/mol. The summed E-state index contributed by atoms with van der Waals surface area (Å²) in [6.07, 6.45) is 2.44. The Bertz CT molecular complexity index is 423. The van der Waals surface area contributed by atoms with Crippen molar-refractivity contribution in [1.29, 1.82) is 0 Å². The third-order valence-corrected chi connectivity index (χ3v) is 1.88. The zero-order valence-electron chi connectivity index (χ0n) is 8.82. The largest absolute Gasteiger partial charge is 0.508 e. The van der Waals surface area contributed by atoms with Crippen LogP contribution in [0.5, 0.6) is 11.5 Å². The minimum absolute atomic E-state index is 0.106. The molecule has 0 bridgehead atoms. The van der Waals surface area contributed by atoms with Gasteiger partial charge in [0.1, 0.15) is 23.4 Å². The fraction of sp³-hybridized carbons (Fsp3) is 0.0833. The van der Waals surface area contributed by atoms with Crippen molar-refractivity contribution >= 4 is 5.78 Å². The van der Waals surface area contributed by atoms with Gasteiger partial charge in [0.15, 0.2) is 5.78 Å². The number of phenols is 2. The number of aliphatic hydroxyl groups is 2. The van der Waals surface area contributed by atoms with E-state index in [1.54, 1.807) is 0 Å². The van der Waals surface area contributed by atoms with Crippen LogP contribution in [0, 0.1) is 0 Å². The number of carbonyl (C=O) groups excluding carboxylic acids is 1. The maximum absolute atomic E-state index is 10.5. The van der Waals surface area contributed by atoms with Gasteiger partial charge in [-0.1, -0.05) is 0 Å². The lowest BCUT2D eigenvalue weighted by molar-refractivity contribution is -0.120. The van der Waals surface area contributed by atoms with E-state index < -0.39 is 11.9 Å². The average Bonchev–Trinajstić information content (AvgIpc) is 2.29. The van der Waals surface area contributed by atoms with Gasteiger partial charge in [-0.3, -0.25) is 4.79 Å². The molecule has 1 atom stereocenters. The van der Waals surface area contributed by atoms with E-state index in [1.807, 2.05) is 0 Å². The molecule has 0 radical (unpaired) electrons. The minimum Gasteiger partial charge on any atom is -0.508 e. The van der Waals surface area contributed by atoms with Crippen LogP contribution in [0.4, 0.5) is 0 Å². The molecule has 0 fully saturated rings. The first-order chi connectivity index (χ1) is 7.99. The highest BCUT2D eigenvalue weighted by Gasteiger charge is 2.12. The molecule has 0 amide bonds. The van der Waals surface area contributed by atoms with E-state index in [4.69, 9.17) is 20.4 Å². The van der Waals surface area contributed by atoms with Gasteiger partial charge >= 0.3 is 0 Å². The summed E-state index contributed by atoms with van der Waals surface area (Å²) in [5, 5.41) is 34.6. The van der Waals surface area contributed by atoms with Crippen LogP contribution in [0.1, 0.15) is 0 Å². The number of ketones is 1. The third-order valence-electron chi connectivity index (χ3n) is 1.88. The van der Waals surface area contributed by atoms with Crippen molar-refractivity contribution < 1.29 is 25.2 Å². The van der Waals surface area contributed by atoms with Crippen molar-refractivity contribution in [2.24, 2.45) is 0 Å². The fourth-order valence-electron chi connectivity index (χ4n) is 1.02. The molecular weight excluding hydrogens is 224 g/mol. The molecule has 0 spiro atoms. The molecule has 0 aliphatic heterocycles. The Labute approximate surface area is 97.6 Å². The molecule has 1 aliphatic carbocycles. The molecule has 90 valence electrons.